The van der Waals surface area contributed by atoms with Crippen LogP contribution in [0.3, 0.4) is 0 Å². The first-order valence-electron chi connectivity index (χ1n) is 14.1. The van der Waals surface area contributed by atoms with Crippen molar-refractivity contribution >= 4 is 26.7 Å². The number of aromatic nitrogens is 3. The lowest BCUT2D eigenvalue weighted by molar-refractivity contribution is -0.135. The van der Waals surface area contributed by atoms with E-state index >= 15 is 4.39 Å². The van der Waals surface area contributed by atoms with Crippen LogP contribution in [0.2, 0.25) is 0 Å². The smallest absolute Gasteiger partial charge is 0.390 e. The summed E-state index contributed by atoms with van der Waals surface area (Å²) in [6, 6.07) is 11.3. The Morgan fingerprint density at radius 3 is 2.64 bits per heavy atom. The average Bonchev–Trinajstić information content (AvgIpc) is 2.99. The molecule has 1 atom stereocenters. The molecule has 44 heavy (non-hydrogen) atoms. The number of ether oxygens (including phenoxy) is 1. The highest BCUT2D eigenvalue weighted by Gasteiger charge is 2.31. The summed E-state index contributed by atoms with van der Waals surface area (Å²) >= 11 is 0. The third kappa shape index (κ3) is 7.42. The van der Waals surface area contributed by atoms with E-state index in [9.17, 15) is 21.6 Å². The molecule has 4 aromatic rings. The lowest BCUT2D eigenvalue weighted by Gasteiger charge is -2.23. The molecule has 0 aliphatic carbocycles. The number of fused-ring (bicyclic) bond motifs is 1. The molecule has 2 aromatic carbocycles. The topological polar surface area (TPSA) is 109 Å². The average molecular weight is 633 g/mol. The molecule has 1 saturated heterocycles. The quantitative estimate of drug-likeness (QED) is 0.211. The number of nitrogens with zero attached hydrogens (tertiary/aromatic N) is 4. The SMILES string of the molecule is Cc1ccc2c(CS(=O)(=O)N(C)CCC(F)(F)F)c(F)ccc2c1Oc1ncccc1-c1ccnc(N[C@H]2CCCNC2)n1. The fraction of sp³-hybridized carbons (Fsp3) is 0.367. The number of nitrogens with one attached hydrogen (secondary N) is 2. The van der Waals surface area contributed by atoms with Crippen LogP contribution >= 0.6 is 0 Å². The Kier molecular flexibility index (Phi) is 9.32. The van der Waals surface area contributed by atoms with E-state index in [0.29, 0.717) is 38.2 Å². The lowest BCUT2D eigenvalue weighted by Crippen LogP contribution is -2.38. The van der Waals surface area contributed by atoms with E-state index < -0.39 is 40.7 Å². The van der Waals surface area contributed by atoms with Gasteiger partial charge in [0.25, 0.3) is 0 Å². The molecule has 0 unspecified atom stereocenters. The maximum atomic E-state index is 15.1. The Hall–Kier alpha value is -3.88. The van der Waals surface area contributed by atoms with Gasteiger partial charge in [0, 0.05) is 49.5 Å². The normalized spacial score (nSPS) is 15.9. The molecule has 0 spiro atoms. The van der Waals surface area contributed by atoms with Crippen LogP contribution in [0.15, 0.2) is 54.9 Å². The molecule has 1 aliphatic rings. The van der Waals surface area contributed by atoms with Crippen molar-refractivity contribution in [1.29, 1.82) is 0 Å². The predicted octanol–water partition coefficient (Wildman–Crippen LogP) is 5.81. The Morgan fingerprint density at radius 1 is 1.09 bits per heavy atom. The van der Waals surface area contributed by atoms with Crippen molar-refractivity contribution in [1.82, 2.24) is 24.6 Å². The Labute approximate surface area is 252 Å². The molecule has 9 nitrogen and oxygen atoms in total. The van der Waals surface area contributed by atoms with Gasteiger partial charge in [0.15, 0.2) is 0 Å². The van der Waals surface area contributed by atoms with Gasteiger partial charge in [-0.25, -0.2) is 32.1 Å². The fourth-order valence-corrected chi connectivity index (χ4v) is 6.27. The van der Waals surface area contributed by atoms with Gasteiger partial charge in [0.2, 0.25) is 21.9 Å². The molecule has 0 bridgehead atoms. The van der Waals surface area contributed by atoms with Crippen LogP contribution in [0.1, 0.15) is 30.4 Å². The van der Waals surface area contributed by atoms with Crippen molar-refractivity contribution in [2.24, 2.45) is 0 Å². The zero-order valence-electron chi connectivity index (χ0n) is 24.2. The van der Waals surface area contributed by atoms with E-state index in [1.54, 1.807) is 49.6 Å². The van der Waals surface area contributed by atoms with Crippen LogP contribution in [0.5, 0.6) is 11.6 Å². The number of pyridine rings is 1. The molecule has 1 fully saturated rings. The molecule has 5 rings (SSSR count). The zero-order chi connectivity index (χ0) is 31.5. The third-order valence-corrected chi connectivity index (χ3v) is 9.23. The first-order valence-corrected chi connectivity index (χ1v) is 15.7. The van der Waals surface area contributed by atoms with E-state index in [4.69, 9.17) is 4.74 Å². The van der Waals surface area contributed by atoms with Crippen molar-refractivity contribution in [3.8, 4) is 22.9 Å². The van der Waals surface area contributed by atoms with Crippen molar-refractivity contribution in [3.05, 3.63) is 71.8 Å². The van der Waals surface area contributed by atoms with E-state index in [2.05, 4.69) is 25.6 Å². The highest BCUT2D eigenvalue weighted by Crippen LogP contribution is 2.38. The minimum Gasteiger partial charge on any atom is -0.437 e. The fourth-order valence-electron chi connectivity index (χ4n) is 5.02. The van der Waals surface area contributed by atoms with Gasteiger partial charge in [0.05, 0.1) is 23.4 Å². The summed E-state index contributed by atoms with van der Waals surface area (Å²) in [6.07, 6.45) is -0.597. The maximum Gasteiger partial charge on any atom is 0.390 e. The molecule has 1 aliphatic heterocycles. The zero-order valence-corrected chi connectivity index (χ0v) is 25.0. The summed E-state index contributed by atoms with van der Waals surface area (Å²) in [6.45, 7) is 2.80. The highest BCUT2D eigenvalue weighted by molar-refractivity contribution is 7.88. The summed E-state index contributed by atoms with van der Waals surface area (Å²) in [4.78, 5) is 13.5. The van der Waals surface area contributed by atoms with Gasteiger partial charge in [-0.2, -0.15) is 13.2 Å². The Morgan fingerprint density at radius 2 is 1.89 bits per heavy atom. The molecule has 0 radical (unpaired) electrons. The molecule has 3 heterocycles. The summed E-state index contributed by atoms with van der Waals surface area (Å²) < 4.78 is 86.0. The molecular formula is C30H32F4N6O3S. The number of anilines is 1. The number of rotatable bonds is 10. The molecule has 0 amide bonds. The van der Waals surface area contributed by atoms with Crippen LogP contribution in [0, 0.1) is 12.7 Å². The van der Waals surface area contributed by atoms with Gasteiger partial charge in [-0.3, -0.25) is 0 Å². The van der Waals surface area contributed by atoms with Crippen LogP contribution in [0.25, 0.3) is 22.0 Å². The number of hydrogen-bond donors (Lipinski definition) is 2. The molecule has 0 saturated carbocycles. The van der Waals surface area contributed by atoms with Gasteiger partial charge < -0.3 is 15.4 Å². The first kappa shape index (κ1) is 31.5. The summed E-state index contributed by atoms with van der Waals surface area (Å²) in [5.41, 5.74) is 1.64. The van der Waals surface area contributed by atoms with Gasteiger partial charge in [-0.1, -0.05) is 12.1 Å². The van der Waals surface area contributed by atoms with Gasteiger partial charge in [-0.15, -0.1) is 0 Å². The number of aryl methyl sites for hydroxylation is 1. The van der Waals surface area contributed by atoms with Gasteiger partial charge >= 0.3 is 6.18 Å². The Bertz CT molecular complexity index is 1750. The number of benzene rings is 2. The predicted molar refractivity (Wildman–Crippen MR) is 159 cm³/mol. The molecular weight excluding hydrogens is 600 g/mol. The second-order valence-electron chi connectivity index (χ2n) is 10.7. The van der Waals surface area contributed by atoms with E-state index in [1.165, 1.54) is 6.07 Å². The maximum absolute atomic E-state index is 15.1. The van der Waals surface area contributed by atoms with Gasteiger partial charge in [-0.05, 0) is 67.6 Å². The number of piperidine rings is 1. The molecule has 2 N–H and O–H groups in total. The number of alkyl halides is 3. The molecule has 2 aromatic heterocycles. The summed E-state index contributed by atoms with van der Waals surface area (Å²) in [5.74, 6) is -0.610. The second kappa shape index (κ2) is 13.0. The third-order valence-electron chi connectivity index (χ3n) is 7.45. The Balaban J connectivity index is 1.46. The number of halogens is 4. The highest BCUT2D eigenvalue weighted by atomic mass is 32.2. The standard InChI is InChI=1S/C30H32F4N6O3S/c1-19-7-8-21-22(9-10-25(31)24(21)18-44(41,42)40(2)16-12-30(32,33)34)27(19)43-28-23(6-4-14-36-28)26-11-15-37-29(39-26)38-20-5-3-13-35-17-20/h4,6-11,14-15,20,35H,3,5,12-13,16-18H2,1-2H3,(H,37,38,39)/t20-/m0/s1. The van der Waals surface area contributed by atoms with Crippen molar-refractivity contribution in [2.75, 3.05) is 32.0 Å². The summed E-state index contributed by atoms with van der Waals surface area (Å²) in [5, 5.41) is 7.38. The summed E-state index contributed by atoms with van der Waals surface area (Å²) in [7, 11) is -3.23. The van der Waals surface area contributed by atoms with Crippen molar-refractivity contribution in [2.45, 2.75) is 44.2 Å². The van der Waals surface area contributed by atoms with Crippen LogP contribution in [0.4, 0.5) is 23.5 Å². The van der Waals surface area contributed by atoms with E-state index in [0.717, 1.165) is 39.0 Å². The van der Waals surface area contributed by atoms with Crippen LogP contribution in [-0.4, -0.2) is 66.6 Å². The molecule has 14 heteroatoms. The lowest BCUT2D eigenvalue weighted by atomic mass is 10.0. The van der Waals surface area contributed by atoms with E-state index in [1.807, 2.05) is 0 Å². The van der Waals surface area contributed by atoms with Crippen molar-refractivity contribution in [3.63, 3.8) is 0 Å². The van der Waals surface area contributed by atoms with Gasteiger partial charge in [0.1, 0.15) is 11.6 Å². The minimum atomic E-state index is -4.53. The van der Waals surface area contributed by atoms with Crippen LogP contribution in [-0.2, 0) is 15.8 Å². The van der Waals surface area contributed by atoms with E-state index in [-0.39, 0.29) is 22.9 Å². The minimum absolute atomic E-state index is 0.170. The largest absolute Gasteiger partial charge is 0.437 e. The monoisotopic (exact) mass is 632 g/mol. The first-order chi connectivity index (χ1) is 20.9. The number of hydrogen-bond acceptors (Lipinski definition) is 8. The molecule has 234 valence electrons. The second-order valence-corrected chi connectivity index (χ2v) is 12.8. The number of sulfonamides is 1. The van der Waals surface area contributed by atoms with Crippen LogP contribution < -0.4 is 15.4 Å². The van der Waals surface area contributed by atoms with Crippen molar-refractivity contribution < 1.29 is 30.7 Å².